The van der Waals surface area contributed by atoms with Gasteiger partial charge in [-0.3, -0.25) is 0 Å². The number of rotatable bonds is 2. The van der Waals surface area contributed by atoms with Crippen molar-refractivity contribution in [2.45, 2.75) is 26.4 Å². The number of anilines is 1. The van der Waals surface area contributed by atoms with Gasteiger partial charge in [0.2, 0.25) is 0 Å². The fourth-order valence-electron chi connectivity index (χ4n) is 1.63. The monoisotopic (exact) mass is 220 g/mol. The molecule has 0 saturated carbocycles. The Balaban J connectivity index is 2.33. The molecule has 2 rings (SSSR count). The minimum atomic E-state index is -0.444. The molecule has 0 fully saturated rings. The number of hydrogen-bond acceptors (Lipinski definition) is 4. The Labute approximate surface area is 94.7 Å². The fourth-order valence-corrected chi connectivity index (χ4v) is 1.63. The number of aliphatic hydroxyl groups is 1. The van der Waals surface area contributed by atoms with E-state index in [1.807, 2.05) is 25.1 Å². The van der Waals surface area contributed by atoms with Crippen LogP contribution < -0.4 is 15.8 Å². The lowest BCUT2D eigenvalue weighted by Gasteiger charge is -2.22. The van der Waals surface area contributed by atoms with E-state index in [-0.39, 0.29) is 0 Å². The standard InChI is InChI=1S/C12H16N2O2/c1-3-10(15)8-4-5-11-9(6-8)14-12(13)7(2)16-11/h4-6,10,14-15H,3,13H2,1-2H3. The van der Waals surface area contributed by atoms with Gasteiger partial charge in [0.05, 0.1) is 11.8 Å². The molecule has 1 atom stereocenters. The van der Waals surface area contributed by atoms with Crippen LogP contribution in [-0.2, 0) is 0 Å². The first kappa shape index (κ1) is 10.8. The van der Waals surface area contributed by atoms with E-state index in [0.29, 0.717) is 18.0 Å². The third kappa shape index (κ3) is 1.84. The predicted octanol–water partition coefficient (Wildman–Crippen LogP) is 2.08. The molecule has 0 saturated heterocycles. The SMILES string of the molecule is CCC(O)c1ccc2c(c1)NC(N)=C(C)O2. The maximum Gasteiger partial charge on any atom is 0.150 e. The van der Waals surface area contributed by atoms with Crippen LogP contribution in [0.2, 0.25) is 0 Å². The molecule has 4 N–H and O–H groups in total. The number of hydrogen-bond donors (Lipinski definition) is 3. The first-order chi connectivity index (χ1) is 7.61. The van der Waals surface area contributed by atoms with Gasteiger partial charge in [0.1, 0.15) is 11.6 Å². The molecule has 0 radical (unpaired) electrons. The van der Waals surface area contributed by atoms with Crippen LogP contribution in [0.1, 0.15) is 31.9 Å². The van der Waals surface area contributed by atoms with Gasteiger partial charge < -0.3 is 20.9 Å². The normalized spacial score (nSPS) is 16.2. The first-order valence-electron chi connectivity index (χ1n) is 5.35. The Kier molecular flexibility index (Phi) is 2.75. The van der Waals surface area contributed by atoms with Gasteiger partial charge in [-0.1, -0.05) is 13.0 Å². The molecule has 0 spiro atoms. The van der Waals surface area contributed by atoms with Crippen molar-refractivity contribution in [3.05, 3.63) is 35.3 Å². The Morgan fingerprint density at radius 3 is 2.94 bits per heavy atom. The summed E-state index contributed by atoms with van der Waals surface area (Å²) in [5.74, 6) is 1.91. The van der Waals surface area contributed by atoms with Crippen LogP contribution in [-0.4, -0.2) is 5.11 Å². The Morgan fingerprint density at radius 1 is 1.50 bits per heavy atom. The molecule has 1 aliphatic rings. The summed E-state index contributed by atoms with van der Waals surface area (Å²) >= 11 is 0. The minimum Gasteiger partial charge on any atom is -0.456 e. The van der Waals surface area contributed by atoms with Gasteiger partial charge in [0.15, 0.2) is 5.75 Å². The van der Waals surface area contributed by atoms with E-state index in [4.69, 9.17) is 10.5 Å². The molecule has 1 heterocycles. The number of nitrogens with two attached hydrogens (primary N) is 1. The zero-order valence-corrected chi connectivity index (χ0v) is 9.45. The smallest absolute Gasteiger partial charge is 0.150 e. The molecule has 4 heteroatoms. The molecular weight excluding hydrogens is 204 g/mol. The fraction of sp³-hybridized carbons (Fsp3) is 0.333. The van der Waals surface area contributed by atoms with Crippen LogP contribution in [0, 0.1) is 0 Å². The van der Waals surface area contributed by atoms with Crippen molar-refractivity contribution in [2.24, 2.45) is 5.73 Å². The van der Waals surface area contributed by atoms with Gasteiger partial charge in [-0.15, -0.1) is 0 Å². The van der Waals surface area contributed by atoms with E-state index in [9.17, 15) is 5.11 Å². The average Bonchev–Trinajstić information content (AvgIpc) is 2.29. The molecule has 1 unspecified atom stereocenters. The topological polar surface area (TPSA) is 67.5 Å². The second kappa shape index (κ2) is 4.06. The Hall–Kier alpha value is -1.68. The number of fused-ring (bicyclic) bond motifs is 1. The number of allylic oxidation sites excluding steroid dienone is 1. The zero-order valence-electron chi connectivity index (χ0n) is 9.45. The van der Waals surface area contributed by atoms with Gasteiger partial charge >= 0.3 is 0 Å². The lowest BCUT2D eigenvalue weighted by atomic mass is 10.1. The highest BCUT2D eigenvalue weighted by atomic mass is 16.5. The first-order valence-corrected chi connectivity index (χ1v) is 5.35. The quantitative estimate of drug-likeness (QED) is 0.713. The van der Waals surface area contributed by atoms with Crippen molar-refractivity contribution in [3.63, 3.8) is 0 Å². The summed E-state index contributed by atoms with van der Waals surface area (Å²) in [5, 5.41) is 12.8. The van der Waals surface area contributed by atoms with E-state index in [1.54, 1.807) is 6.92 Å². The average molecular weight is 220 g/mol. The summed E-state index contributed by atoms with van der Waals surface area (Å²) in [6.45, 7) is 3.74. The van der Waals surface area contributed by atoms with E-state index in [2.05, 4.69) is 5.32 Å². The molecule has 16 heavy (non-hydrogen) atoms. The molecular formula is C12H16N2O2. The van der Waals surface area contributed by atoms with E-state index >= 15 is 0 Å². The van der Waals surface area contributed by atoms with E-state index in [1.165, 1.54) is 0 Å². The van der Waals surface area contributed by atoms with Gasteiger partial charge in [0, 0.05) is 0 Å². The Morgan fingerprint density at radius 2 is 2.25 bits per heavy atom. The predicted molar refractivity (Wildman–Crippen MR) is 62.8 cm³/mol. The summed E-state index contributed by atoms with van der Waals surface area (Å²) in [6, 6.07) is 5.57. The van der Waals surface area contributed by atoms with E-state index in [0.717, 1.165) is 17.0 Å². The van der Waals surface area contributed by atoms with E-state index < -0.39 is 6.10 Å². The largest absolute Gasteiger partial charge is 0.456 e. The highest BCUT2D eigenvalue weighted by Crippen LogP contribution is 2.33. The number of aliphatic hydroxyl groups excluding tert-OH is 1. The van der Waals surface area contributed by atoms with Crippen LogP contribution in [0.15, 0.2) is 29.8 Å². The van der Waals surface area contributed by atoms with Crippen LogP contribution in [0.5, 0.6) is 5.75 Å². The summed E-state index contributed by atoms with van der Waals surface area (Å²) in [4.78, 5) is 0. The molecule has 0 amide bonds. The second-order valence-electron chi connectivity index (χ2n) is 3.88. The van der Waals surface area contributed by atoms with Crippen molar-refractivity contribution >= 4 is 5.69 Å². The summed E-state index contributed by atoms with van der Waals surface area (Å²) in [6.07, 6.45) is 0.240. The van der Waals surface area contributed by atoms with Gasteiger partial charge in [-0.2, -0.15) is 0 Å². The molecule has 1 aromatic carbocycles. The summed E-state index contributed by atoms with van der Waals surface area (Å²) in [7, 11) is 0. The Bertz CT molecular complexity index is 441. The van der Waals surface area contributed by atoms with Gasteiger partial charge in [-0.25, -0.2) is 0 Å². The molecule has 1 aliphatic heterocycles. The lowest BCUT2D eigenvalue weighted by Crippen LogP contribution is -2.19. The molecule has 1 aromatic rings. The highest BCUT2D eigenvalue weighted by Gasteiger charge is 2.16. The molecule has 4 nitrogen and oxygen atoms in total. The van der Waals surface area contributed by atoms with Gasteiger partial charge in [0.25, 0.3) is 0 Å². The summed E-state index contributed by atoms with van der Waals surface area (Å²) < 4.78 is 5.52. The van der Waals surface area contributed by atoms with Crippen LogP contribution in [0.4, 0.5) is 5.69 Å². The van der Waals surface area contributed by atoms with Crippen molar-refractivity contribution in [1.82, 2.24) is 0 Å². The van der Waals surface area contributed by atoms with Crippen molar-refractivity contribution < 1.29 is 9.84 Å². The van der Waals surface area contributed by atoms with Crippen molar-refractivity contribution in [3.8, 4) is 5.75 Å². The molecule has 0 bridgehead atoms. The van der Waals surface area contributed by atoms with Crippen LogP contribution >= 0.6 is 0 Å². The zero-order chi connectivity index (χ0) is 11.7. The van der Waals surface area contributed by atoms with Crippen LogP contribution in [0.3, 0.4) is 0 Å². The van der Waals surface area contributed by atoms with Crippen LogP contribution in [0.25, 0.3) is 0 Å². The molecule has 86 valence electrons. The second-order valence-corrected chi connectivity index (χ2v) is 3.88. The third-order valence-corrected chi connectivity index (χ3v) is 2.69. The highest BCUT2D eigenvalue weighted by molar-refractivity contribution is 5.63. The molecule has 0 aliphatic carbocycles. The number of ether oxygens (including phenoxy) is 1. The van der Waals surface area contributed by atoms with Crippen molar-refractivity contribution in [1.29, 1.82) is 0 Å². The minimum absolute atomic E-state index is 0.444. The summed E-state index contributed by atoms with van der Waals surface area (Å²) in [5.41, 5.74) is 7.40. The third-order valence-electron chi connectivity index (χ3n) is 2.69. The lowest BCUT2D eigenvalue weighted by molar-refractivity contribution is 0.173. The molecule has 0 aromatic heterocycles. The maximum atomic E-state index is 9.74. The van der Waals surface area contributed by atoms with Gasteiger partial charge in [-0.05, 0) is 31.0 Å². The van der Waals surface area contributed by atoms with Crippen molar-refractivity contribution in [2.75, 3.05) is 5.32 Å². The number of benzene rings is 1. The maximum absolute atomic E-state index is 9.74. The number of nitrogens with one attached hydrogen (secondary N) is 1.